The molecule has 26 heavy (non-hydrogen) atoms. The molecule has 0 aliphatic carbocycles. The van der Waals surface area contributed by atoms with Gasteiger partial charge in [0.2, 0.25) is 0 Å². The van der Waals surface area contributed by atoms with Gasteiger partial charge in [-0.2, -0.15) is 0 Å². The molecule has 0 amide bonds. The summed E-state index contributed by atoms with van der Waals surface area (Å²) in [6.45, 7) is 1.20. The topological polar surface area (TPSA) is 115 Å². The van der Waals surface area contributed by atoms with Crippen LogP contribution in [0.15, 0.2) is 29.1 Å². The van der Waals surface area contributed by atoms with Gasteiger partial charge in [-0.15, -0.1) is 0 Å². The van der Waals surface area contributed by atoms with Crippen LogP contribution in [0, 0.1) is 6.92 Å². The Morgan fingerprint density at radius 1 is 1.31 bits per heavy atom. The van der Waals surface area contributed by atoms with Crippen molar-refractivity contribution in [2.24, 2.45) is 0 Å². The molecule has 8 heteroatoms. The number of hydrogen-bond acceptors (Lipinski definition) is 6. The summed E-state index contributed by atoms with van der Waals surface area (Å²) in [5.74, 6) is -1.22. The van der Waals surface area contributed by atoms with E-state index >= 15 is 0 Å². The summed E-state index contributed by atoms with van der Waals surface area (Å²) in [6.07, 6.45) is 0.0115. The summed E-state index contributed by atoms with van der Waals surface area (Å²) in [4.78, 5) is 37.8. The number of carboxylic acids is 1. The average Bonchev–Trinajstić information content (AvgIpc) is 2.58. The molecule has 2 N–H and O–H groups in total. The molecular formula is C18H17NO7. The molecule has 1 atom stereocenters. The van der Waals surface area contributed by atoms with Crippen LogP contribution in [0.3, 0.4) is 0 Å². The number of carboxylic acid groups (broad SMARTS) is 1. The van der Waals surface area contributed by atoms with Gasteiger partial charge in [0.15, 0.2) is 18.1 Å². The zero-order chi connectivity index (χ0) is 18.8. The van der Waals surface area contributed by atoms with Crippen molar-refractivity contribution in [2.75, 3.05) is 13.7 Å². The van der Waals surface area contributed by atoms with Gasteiger partial charge in [0.25, 0.3) is 5.56 Å². The number of methoxy groups -OCH3 is 1. The lowest BCUT2D eigenvalue weighted by molar-refractivity contribution is -0.139. The smallest absolute Gasteiger partial charge is 0.341 e. The normalized spacial score (nSPS) is 15.8. The SMILES string of the molecule is COc1cc([C@@H]2CC(=O)Oc3cc(C)[nH]c(=O)c32)ccc1OCC(=O)O. The van der Waals surface area contributed by atoms with Crippen LogP contribution >= 0.6 is 0 Å². The van der Waals surface area contributed by atoms with E-state index in [-0.39, 0.29) is 23.5 Å². The van der Waals surface area contributed by atoms with E-state index in [0.717, 1.165) is 0 Å². The number of fused-ring (bicyclic) bond motifs is 1. The van der Waals surface area contributed by atoms with Gasteiger partial charge in [0.05, 0.1) is 19.1 Å². The predicted octanol–water partition coefficient (Wildman–Crippen LogP) is 1.60. The number of aliphatic carboxylic acids is 1. The number of benzene rings is 1. The van der Waals surface area contributed by atoms with Crippen LogP contribution < -0.4 is 19.8 Å². The Hall–Kier alpha value is -3.29. The molecular weight excluding hydrogens is 342 g/mol. The molecule has 0 saturated heterocycles. The van der Waals surface area contributed by atoms with E-state index < -0.39 is 24.5 Å². The lowest BCUT2D eigenvalue weighted by Crippen LogP contribution is -2.28. The standard InChI is InChI=1S/C18H17NO7/c1-9-5-14-17(18(23)19-9)11(7-16(22)26-14)10-3-4-12(13(6-10)24-2)25-8-15(20)21/h3-6,11H,7-8H2,1-2H3,(H,19,23)(H,20,21)/t11-/m0/s1. The van der Waals surface area contributed by atoms with Crippen LogP contribution in [0.1, 0.15) is 29.2 Å². The second-order valence-corrected chi connectivity index (χ2v) is 5.88. The first kappa shape index (κ1) is 17.5. The Morgan fingerprint density at radius 2 is 2.08 bits per heavy atom. The Kier molecular flexibility index (Phi) is 4.66. The molecule has 1 aromatic heterocycles. The molecule has 0 radical (unpaired) electrons. The molecule has 1 aromatic carbocycles. The van der Waals surface area contributed by atoms with Crippen molar-refractivity contribution in [3.63, 3.8) is 0 Å². The van der Waals surface area contributed by atoms with E-state index in [0.29, 0.717) is 22.6 Å². The number of ether oxygens (including phenoxy) is 3. The van der Waals surface area contributed by atoms with Crippen molar-refractivity contribution in [2.45, 2.75) is 19.3 Å². The van der Waals surface area contributed by atoms with Crippen LogP contribution in [-0.4, -0.2) is 35.7 Å². The maximum absolute atomic E-state index is 12.4. The molecule has 0 unspecified atom stereocenters. The van der Waals surface area contributed by atoms with Crippen molar-refractivity contribution >= 4 is 11.9 Å². The van der Waals surface area contributed by atoms with E-state index in [1.807, 2.05) is 0 Å². The maximum Gasteiger partial charge on any atom is 0.341 e. The summed E-state index contributed by atoms with van der Waals surface area (Å²) >= 11 is 0. The van der Waals surface area contributed by atoms with Gasteiger partial charge in [0.1, 0.15) is 5.75 Å². The van der Waals surface area contributed by atoms with Crippen molar-refractivity contribution < 1.29 is 28.9 Å². The third-order valence-electron chi connectivity index (χ3n) is 4.05. The van der Waals surface area contributed by atoms with E-state index in [4.69, 9.17) is 19.3 Å². The highest BCUT2D eigenvalue weighted by atomic mass is 16.5. The molecule has 1 aliphatic rings. The number of hydrogen-bond donors (Lipinski definition) is 2. The third kappa shape index (κ3) is 3.39. The number of aromatic nitrogens is 1. The van der Waals surface area contributed by atoms with E-state index in [9.17, 15) is 14.4 Å². The maximum atomic E-state index is 12.4. The molecule has 0 fully saturated rings. The van der Waals surface area contributed by atoms with Gasteiger partial charge < -0.3 is 24.3 Å². The molecule has 0 bridgehead atoms. The van der Waals surface area contributed by atoms with Crippen LogP contribution in [0.4, 0.5) is 0 Å². The lowest BCUT2D eigenvalue weighted by atomic mass is 9.87. The van der Waals surface area contributed by atoms with E-state index in [2.05, 4.69) is 4.98 Å². The molecule has 8 nitrogen and oxygen atoms in total. The summed E-state index contributed by atoms with van der Waals surface area (Å²) in [5.41, 5.74) is 1.31. The molecule has 0 spiro atoms. The second-order valence-electron chi connectivity index (χ2n) is 5.88. The number of rotatable bonds is 5. The van der Waals surface area contributed by atoms with Crippen LogP contribution in [0.5, 0.6) is 17.2 Å². The van der Waals surface area contributed by atoms with E-state index in [1.54, 1.807) is 31.2 Å². The highest BCUT2D eigenvalue weighted by molar-refractivity contribution is 5.77. The fourth-order valence-corrected chi connectivity index (χ4v) is 2.96. The number of aryl methyl sites for hydroxylation is 1. The Labute approximate surface area is 148 Å². The molecule has 0 saturated carbocycles. The average molecular weight is 359 g/mol. The Bertz CT molecular complexity index is 932. The van der Waals surface area contributed by atoms with Gasteiger partial charge in [0, 0.05) is 17.7 Å². The van der Waals surface area contributed by atoms with Gasteiger partial charge in [-0.3, -0.25) is 9.59 Å². The Morgan fingerprint density at radius 3 is 2.77 bits per heavy atom. The summed E-state index contributed by atoms with van der Waals surface area (Å²) < 4.78 is 15.6. The zero-order valence-corrected chi connectivity index (χ0v) is 14.2. The number of aromatic amines is 1. The first-order valence-corrected chi connectivity index (χ1v) is 7.86. The number of pyridine rings is 1. The first-order valence-electron chi connectivity index (χ1n) is 7.86. The minimum atomic E-state index is -1.11. The summed E-state index contributed by atoms with van der Waals surface area (Å²) in [5, 5.41) is 8.73. The molecule has 1 aliphatic heterocycles. The highest BCUT2D eigenvalue weighted by Crippen LogP contribution is 2.39. The van der Waals surface area contributed by atoms with E-state index in [1.165, 1.54) is 7.11 Å². The lowest BCUT2D eigenvalue weighted by Gasteiger charge is -2.24. The number of esters is 1. The highest BCUT2D eigenvalue weighted by Gasteiger charge is 2.32. The number of H-pyrrole nitrogens is 1. The van der Waals surface area contributed by atoms with Crippen LogP contribution in [0.2, 0.25) is 0 Å². The quantitative estimate of drug-likeness (QED) is 0.779. The Balaban J connectivity index is 2.03. The van der Waals surface area contributed by atoms with Crippen molar-refractivity contribution in [1.82, 2.24) is 4.98 Å². The van der Waals surface area contributed by atoms with Gasteiger partial charge in [-0.05, 0) is 24.6 Å². The second kappa shape index (κ2) is 6.91. The molecule has 136 valence electrons. The molecule has 2 aromatic rings. The predicted molar refractivity (Wildman–Crippen MR) is 90.0 cm³/mol. The van der Waals surface area contributed by atoms with Crippen molar-refractivity contribution in [3.8, 4) is 17.2 Å². The fraction of sp³-hybridized carbons (Fsp3) is 0.278. The minimum absolute atomic E-state index is 0.0115. The first-order chi connectivity index (χ1) is 12.4. The number of carbonyl (C=O) groups excluding carboxylic acids is 1. The monoisotopic (exact) mass is 359 g/mol. The van der Waals surface area contributed by atoms with Crippen molar-refractivity contribution in [3.05, 3.63) is 51.4 Å². The number of nitrogens with one attached hydrogen (secondary N) is 1. The third-order valence-corrected chi connectivity index (χ3v) is 4.05. The summed E-state index contributed by atoms with van der Waals surface area (Å²) in [7, 11) is 1.42. The van der Waals surface area contributed by atoms with Crippen LogP contribution in [-0.2, 0) is 9.59 Å². The summed E-state index contributed by atoms with van der Waals surface area (Å²) in [6, 6.07) is 6.47. The minimum Gasteiger partial charge on any atom is -0.493 e. The fourth-order valence-electron chi connectivity index (χ4n) is 2.96. The molecule has 2 heterocycles. The zero-order valence-electron chi connectivity index (χ0n) is 14.2. The van der Waals surface area contributed by atoms with Gasteiger partial charge in [-0.25, -0.2) is 4.79 Å². The molecule has 3 rings (SSSR count). The van der Waals surface area contributed by atoms with Crippen molar-refractivity contribution in [1.29, 1.82) is 0 Å². The van der Waals surface area contributed by atoms with Gasteiger partial charge >= 0.3 is 11.9 Å². The van der Waals surface area contributed by atoms with Gasteiger partial charge in [-0.1, -0.05) is 6.07 Å². The largest absolute Gasteiger partial charge is 0.493 e. The van der Waals surface area contributed by atoms with Crippen LogP contribution in [0.25, 0.3) is 0 Å². The number of carbonyl (C=O) groups is 2.